The van der Waals surface area contributed by atoms with Crippen molar-refractivity contribution < 1.29 is 0 Å². The van der Waals surface area contributed by atoms with Gasteiger partial charge in [0.25, 0.3) is 0 Å². The summed E-state index contributed by atoms with van der Waals surface area (Å²) in [7, 11) is 0. The number of halogens is 3. The van der Waals surface area contributed by atoms with Gasteiger partial charge in [-0.05, 0) is 126 Å². The molecule has 39 heavy (non-hydrogen) atoms. The summed E-state index contributed by atoms with van der Waals surface area (Å²) < 4.78 is 3.26. The minimum absolute atomic E-state index is 0.957. The number of rotatable bonds is 8. The van der Waals surface area contributed by atoms with Gasteiger partial charge in [0.2, 0.25) is 0 Å². The van der Waals surface area contributed by atoms with E-state index in [0.717, 1.165) is 110 Å². The maximum atomic E-state index is 5.18. The summed E-state index contributed by atoms with van der Waals surface area (Å²) in [5.41, 5.74) is 13.4. The lowest BCUT2D eigenvalue weighted by molar-refractivity contribution is 0.927. The molecule has 5 heterocycles. The molecule has 5 rings (SSSR count). The van der Waals surface area contributed by atoms with Crippen LogP contribution in [0.15, 0.2) is 34.8 Å². The standard InChI is InChI=1S/C32H35Br3N4/c1-5-9-18-17-26-30-27(33)19(10-6-2)23(37-30)15-16-25-21(12-8-4)29(35)32(39-25)31-28(34)20(11-7-3)24(38-31)14-13-22(18)36-26/h13-17,36,39H,5-12H2,1-4H3. The molecule has 2 aliphatic heterocycles. The Morgan fingerprint density at radius 1 is 0.615 bits per heavy atom. The molecule has 0 fully saturated rings. The lowest BCUT2D eigenvalue weighted by Crippen LogP contribution is -1.83. The molecular weight excluding hydrogens is 680 g/mol. The number of aromatic amines is 2. The zero-order valence-electron chi connectivity index (χ0n) is 23.1. The van der Waals surface area contributed by atoms with Crippen LogP contribution in [0.3, 0.4) is 0 Å². The molecular formula is C32H35Br3N4. The van der Waals surface area contributed by atoms with E-state index in [2.05, 4.69) is 116 Å². The molecule has 2 aliphatic rings. The number of aromatic nitrogens is 4. The normalized spacial score (nSPS) is 13.6. The average Bonchev–Trinajstić information content (AvgIpc) is 3.63. The van der Waals surface area contributed by atoms with Crippen molar-refractivity contribution >= 4 is 90.0 Å². The van der Waals surface area contributed by atoms with Gasteiger partial charge in [-0.15, -0.1) is 0 Å². The van der Waals surface area contributed by atoms with Crippen LogP contribution in [0.2, 0.25) is 0 Å². The Hall–Kier alpha value is -1.96. The van der Waals surface area contributed by atoms with Gasteiger partial charge in [0.15, 0.2) is 0 Å². The molecule has 0 radical (unpaired) electrons. The highest BCUT2D eigenvalue weighted by atomic mass is 79.9. The van der Waals surface area contributed by atoms with Crippen molar-refractivity contribution in [3.05, 3.63) is 68.7 Å². The quantitative estimate of drug-likeness (QED) is 0.244. The lowest BCUT2D eigenvalue weighted by atomic mass is 10.1. The van der Waals surface area contributed by atoms with E-state index in [1.165, 1.54) is 22.3 Å². The molecule has 0 amide bonds. The maximum absolute atomic E-state index is 5.18. The fourth-order valence-corrected chi connectivity index (χ4v) is 7.60. The summed E-state index contributed by atoms with van der Waals surface area (Å²) in [4.78, 5) is 17.8. The number of hydrogen-bond donors (Lipinski definition) is 2. The van der Waals surface area contributed by atoms with Gasteiger partial charge in [0, 0.05) is 15.5 Å². The van der Waals surface area contributed by atoms with Crippen LogP contribution in [0.5, 0.6) is 0 Å². The van der Waals surface area contributed by atoms with Crippen LogP contribution >= 0.6 is 47.8 Å². The first-order valence-corrected chi connectivity index (χ1v) is 16.5. The Balaban J connectivity index is 1.93. The molecule has 0 aliphatic carbocycles. The first kappa shape index (κ1) is 28.6. The summed E-state index contributed by atoms with van der Waals surface area (Å²) in [6, 6.07) is 11.0. The highest BCUT2D eigenvalue weighted by Gasteiger charge is 2.23. The maximum Gasteiger partial charge on any atom is 0.103 e. The monoisotopic (exact) mass is 712 g/mol. The van der Waals surface area contributed by atoms with Crippen LogP contribution in [0.4, 0.5) is 0 Å². The molecule has 0 spiro atoms. The van der Waals surface area contributed by atoms with E-state index in [-0.39, 0.29) is 0 Å². The smallest absolute Gasteiger partial charge is 0.103 e. The van der Waals surface area contributed by atoms with Gasteiger partial charge in [-0.2, -0.15) is 0 Å². The zero-order chi connectivity index (χ0) is 27.7. The number of allylic oxidation sites excluding steroid dienone is 2. The molecule has 0 saturated carbocycles. The van der Waals surface area contributed by atoms with Crippen molar-refractivity contribution in [1.29, 1.82) is 0 Å². The second-order valence-electron chi connectivity index (χ2n) is 10.3. The van der Waals surface area contributed by atoms with Crippen LogP contribution in [-0.2, 0) is 12.8 Å². The second-order valence-corrected chi connectivity index (χ2v) is 12.7. The molecule has 2 N–H and O–H groups in total. The summed E-state index contributed by atoms with van der Waals surface area (Å²) >= 11 is 11.8. The lowest BCUT2D eigenvalue weighted by Gasteiger charge is -2.00. The summed E-state index contributed by atoms with van der Waals surface area (Å²) in [5, 5.41) is 0. The SMILES string of the molecule is CCCC1=C(Br)c2nc1ccc1[nH]c(c3nc(ccc4[nH]c2cc4CCC)C(CCC)=C3Br)c(Br)c1CCC. The predicted molar refractivity (Wildman–Crippen MR) is 178 cm³/mol. The summed E-state index contributed by atoms with van der Waals surface area (Å²) in [6.45, 7) is 8.89. The topological polar surface area (TPSA) is 57.4 Å². The largest absolute Gasteiger partial charge is 0.353 e. The van der Waals surface area contributed by atoms with E-state index in [4.69, 9.17) is 9.97 Å². The Bertz CT molecular complexity index is 1640. The Morgan fingerprint density at radius 2 is 1.18 bits per heavy atom. The first-order chi connectivity index (χ1) is 18.9. The first-order valence-electron chi connectivity index (χ1n) is 14.1. The van der Waals surface area contributed by atoms with Gasteiger partial charge in [-0.25, -0.2) is 9.97 Å². The molecule has 0 aromatic carbocycles. The zero-order valence-corrected chi connectivity index (χ0v) is 27.8. The third kappa shape index (κ3) is 5.39. The number of H-pyrrole nitrogens is 2. The van der Waals surface area contributed by atoms with Crippen molar-refractivity contribution in [3.8, 4) is 0 Å². The van der Waals surface area contributed by atoms with Crippen molar-refractivity contribution in [3.63, 3.8) is 0 Å². The number of nitrogens with zero attached hydrogens (tertiary/aromatic N) is 2. The molecule has 0 atom stereocenters. The van der Waals surface area contributed by atoms with E-state index in [0.29, 0.717) is 0 Å². The summed E-state index contributed by atoms with van der Waals surface area (Å²) in [6.07, 6.45) is 8.16. The number of aryl methyl sites for hydroxylation is 2. The highest BCUT2D eigenvalue weighted by Crippen LogP contribution is 2.42. The van der Waals surface area contributed by atoms with Crippen LogP contribution < -0.4 is 0 Å². The average molecular weight is 715 g/mol. The summed E-state index contributed by atoms with van der Waals surface area (Å²) in [5.74, 6) is 0. The second kappa shape index (κ2) is 12.3. The molecule has 4 nitrogen and oxygen atoms in total. The van der Waals surface area contributed by atoms with Gasteiger partial charge in [-0.3, -0.25) is 0 Å². The molecule has 3 aromatic heterocycles. The van der Waals surface area contributed by atoms with Crippen molar-refractivity contribution in [2.24, 2.45) is 0 Å². The third-order valence-electron chi connectivity index (χ3n) is 7.36. The van der Waals surface area contributed by atoms with Crippen LogP contribution in [0, 0.1) is 0 Å². The third-order valence-corrected chi connectivity index (χ3v) is 9.94. The minimum Gasteiger partial charge on any atom is -0.353 e. The fourth-order valence-electron chi connectivity index (χ4n) is 5.50. The molecule has 0 unspecified atom stereocenters. The van der Waals surface area contributed by atoms with Crippen LogP contribution in [-0.4, -0.2) is 19.9 Å². The molecule has 8 bridgehead atoms. The van der Waals surface area contributed by atoms with Gasteiger partial charge >= 0.3 is 0 Å². The number of nitrogens with one attached hydrogen (secondary N) is 2. The van der Waals surface area contributed by atoms with E-state index >= 15 is 0 Å². The van der Waals surface area contributed by atoms with Crippen LogP contribution in [0.25, 0.3) is 42.2 Å². The van der Waals surface area contributed by atoms with Crippen LogP contribution in [0.1, 0.15) is 100 Å². The molecule has 7 heteroatoms. The Morgan fingerprint density at radius 3 is 1.79 bits per heavy atom. The van der Waals surface area contributed by atoms with Gasteiger partial charge in [-0.1, -0.05) is 53.4 Å². The van der Waals surface area contributed by atoms with Crippen molar-refractivity contribution in [2.75, 3.05) is 0 Å². The molecule has 3 aromatic rings. The minimum atomic E-state index is 0.957. The number of fused-ring (bicyclic) bond motifs is 10. The number of hydrogen-bond acceptors (Lipinski definition) is 2. The van der Waals surface area contributed by atoms with E-state index in [9.17, 15) is 0 Å². The van der Waals surface area contributed by atoms with Gasteiger partial charge in [0.05, 0.1) is 31.4 Å². The predicted octanol–water partition coefficient (Wildman–Crippen LogP) is 11.1. The van der Waals surface area contributed by atoms with Crippen molar-refractivity contribution in [1.82, 2.24) is 19.9 Å². The molecule has 204 valence electrons. The van der Waals surface area contributed by atoms with Gasteiger partial charge < -0.3 is 9.97 Å². The van der Waals surface area contributed by atoms with E-state index in [1.54, 1.807) is 0 Å². The Labute approximate surface area is 256 Å². The van der Waals surface area contributed by atoms with E-state index < -0.39 is 0 Å². The van der Waals surface area contributed by atoms with Crippen molar-refractivity contribution in [2.45, 2.75) is 79.1 Å². The Kier molecular flexibility index (Phi) is 8.99. The van der Waals surface area contributed by atoms with Gasteiger partial charge in [0.1, 0.15) is 11.4 Å². The highest BCUT2D eigenvalue weighted by molar-refractivity contribution is 9.15. The molecule has 0 saturated heterocycles. The van der Waals surface area contributed by atoms with E-state index in [1.807, 2.05) is 0 Å². The fraction of sp³-hybridized carbons (Fsp3) is 0.375.